The van der Waals surface area contributed by atoms with Crippen LogP contribution < -0.4 is 0 Å². The quantitative estimate of drug-likeness (QED) is 0.575. The molecular formula is C22H24ClNO4S2. The van der Waals surface area contributed by atoms with Crippen molar-refractivity contribution < 1.29 is 19.8 Å². The lowest BCUT2D eigenvalue weighted by Gasteiger charge is -2.18. The van der Waals surface area contributed by atoms with Crippen molar-refractivity contribution in [1.82, 2.24) is 4.90 Å². The maximum absolute atomic E-state index is 9.55. The molecule has 5 nitrogen and oxygen atoms in total. The molecular weight excluding hydrogens is 442 g/mol. The monoisotopic (exact) mass is 465 g/mol. The summed E-state index contributed by atoms with van der Waals surface area (Å²) in [5.74, 6) is -1.37. The van der Waals surface area contributed by atoms with Crippen LogP contribution in [0.15, 0.2) is 64.4 Å². The minimum Gasteiger partial charge on any atom is -0.478 e. The van der Waals surface area contributed by atoms with E-state index in [9.17, 15) is 9.59 Å². The molecule has 0 bridgehead atoms. The normalized spacial score (nSPS) is 15.0. The number of hydrogen-bond acceptors (Lipinski definition) is 5. The summed E-state index contributed by atoms with van der Waals surface area (Å²) in [6, 6.07) is 15.1. The minimum absolute atomic E-state index is 0.503. The third-order valence-corrected chi connectivity index (χ3v) is 6.83. The number of hydrogen-bond donors (Lipinski definition) is 2. The Bertz CT molecular complexity index is 902. The average Bonchev–Trinajstić information content (AvgIpc) is 2.83. The van der Waals surface area contributed by atoms with Crippen LogP contribution in [0.5, 0.6) is 0 Å². The molecule has 8 heteroatoms. The van der Waals surface area contributed by atoms with E-state index in [1.165, 1.54) is 20.9 Å². The van der Waals surface area contributed by atoms with Gasteiger partial charge in [-0.1, -0.05) is 41.6 Å². The standard InChI is InChI=1S/C18H20ClNS2.C4H4O4/c1-20(2)9-10-21-18-12-13-11-14(19)7-8-16(13)22-17-6-4-3-5-15(17)18;5-3(6)1-2-4(7)8/h3-8,11,18H,9-10,12H2,1-2H3;1-2H,(H,5,6)(H,7,8). The van der Waals surface area contributed by atoms with Gasteiger partial charge in [-0.15, -0.1) is 0 Å². The average molecular weight is 466 g/mol. The number of aliphatic carboxylic acids is 2. The Kier molecular flexibility index (Phi) is 9.78. The maximum Gasteiger partial charge on any atom is 0.328 e. The van der Waals surface area contributed by atoms with Gasteiger partial charge in [0.15, 0.2) is 0 Å². The molecule has 0 fully saturated rings. The van der Waals surface area contributed by atoms with Crippen molar-refractivity contribution in [3.05, 3.63) is 70.8 Å². The lowest BCUT2D eigenvalue weighted by atomic mass is 10.0. The van der Waals surface area contributed by atoms with Crippen molar-refractivity contribution in [3.63, 3.8) is 0 Å². The van der Waals surface area contributed by atoms with E-state index in [-0.39, 0.29) is 0 Å². The second-order valence-corrected chi connectivity index (χ2v) is 9.60. The van der Waals surface area contributed by atoms with Gasteiger partial charge in [0.2, 0.25) is 0 Å². The number of fused-ring (bicyclic) bond motifs is 2. The lowest BCUT2D eigenvalue weighted by molar-refractivity contribution is -0.134. The summed E-state index contributed by atoms with van der Waals surface area (Å²) in [4.78, 5) is 24.1. The number of carboxylic acids is 2. The van der Waals surface area contributed by atoms with Crippen LogP contribution >= 0.6 is 35.1 Å². The van der Waals surface area contributed by atoms with E-state index in [0.29, 0.717) is 17.4 Å². The molecule has 2 aromatic rings. The first kappa shape index (κ1) is 24.3. The zero-order valence-corrected chi connectivity index (χ0v) is 19.1. The smallest absolute Gasteiger partial charge is 0.328 e. The van der Waals surface area contributed by atoms with E-state index in [4.69, 9.17) is 21.8 Å². The van der Waals surface area contributed by atoms with Gasteiger partial charge in [-0.25, -0.2) is 9.59 Å². The van der Waals surface area contributed by atoms with Gasteiger partial charge in [0, 0.05) is 44.5 Å². The van der Waals surface area contributed by atoms with Gasteiger partial charge in [-0.05, 0) is 55.9 Å². The summed E-state index contributed by atoms with van der Waals surface area (Å²) in [7, 11) is 4.26. The van der Waals surface area contributed by atoms with E-state index in [1.807, 2.05) is 17.8 Å². The van der Waals surface area contributed by atoms with Gasteiger partial charge in [-0.2, -0.15) is 11.8 Å². The number of carboxylic acid groups (broad SMARTS) is 2. The van der Waals surface area contributed by atoms with Crippen molar-refractivity contribution in [2.45, 2.75) is 21.5 Å². The molecule has 0 aromatic heterocycles. The van der Waals surface area contributed by atoms with Gasteiger partial charge in [0.25, 0.3) is 0 Å². The predicted octanol–water partition coefficient (Wildman–Crippen LogP) is 5.10. The zero-order chi connectivity index (χ0) is 22.1. The van der Waals surface area contributed by atoms with E-state index < -0.39 is 11.9 Å². The fourth-order valence-electron chi connectivity index (χ4n) is 2.74. The molecule has 0 aliphatic carbocycles. The van der Waals surface area contributed by atoms with Gasteiger partial charge in [0.1, 0.15) is 0 Å². The van der Waals surface area contributed by atoms with Crippen molar-refractivity contribution >= 4 is 47.1 Å². The third-order valence-electron chi connectivity index (χ3n) is 4.14. The fraction of sp³-hybridized carbons (Fsp3) is 0.273. The molecule has 0 radical (unpaired) electrons. The highest BCUT2D eigenvalue weighted by Crippen LogP contribution is 2.46. The molecule has 160 valence electrons. The molecule has 3 rings (SSSR count). The molecule has 1 atom stereocenters. The Morgan fingerprint density at radius 3 is 2.43 bits per heavy atom. The van der Waals surface area contributed by atoms with Crippen molar-refractivity contribution in [1.29, 1.82) is 0 Å². The van der Waals surface area contributed by atoms with Crippen LogP contribution in [0.2, 0.25) is 5.02 Å². The van der Waals surface area contributed by atoms with Gasteiger partial charge in [-0.3, -0.25) is 0 Å². The number of benzene rings is 2. The minimum atomic E-state index is -1.26. The summed E-state index contributed by atoms with van der Waals surface area (Å²) in [5, 5.41) is 17.0. The van der Waals surface area contributed by atoms with Crippen LogP contribution in [-0.4, -0.2) is 53.4 Å². The summed E-state index contributed by atoms with van der Waals surface area (Å²) >= 11 is 10.1. The number of thioether (sulfide) groups is 1. The predicted molar refractivity (Wildman–Crippen MR) is 124 cm³/mol. The van der Waals surface area contributed by atoms with Crippen LogP contribution in [0.3, 0.4) is 0 Å². The highest BCUT2D eigenvalue weighted by molar-refractivity contribution is 8.00. The SMILES string of the molecule is CN(C)CCSC1Cc2cc(Cl)ccc2Sc2ccccc21.O=C(O)C=CC(=O)O. The van der Waals surface area contributed by atoms with Gasteiger partial charge < -0.3 is 15.1 Å². The van der Waals surface area contributed by atoms with E-state index >= 15 is 0 Å². The largest absolute Gasteiger partial charge is 0.478 e. The molecule has 1 aliphatic rings. The Morgan fingerprint density at radius 2 is 1.80 bits per heavy atom. The number of carbonyl (C=O) groups is 2. The van der Waals surface area contributed by atoms with Crippen LogP contribution in [0.25, 0.3) is 0 Å². The Balaban J connectivity index is 0.000000343. The maximum atomic E-state index is 9.55. The van der Waals surface area contributed by atoms with Crippen LogP contribution in [-0.2, 0) is 16.0 Å². The lowest BCUT2D eigenvalue weighted by Crippen LogP contribution is -2.15. The molecule has 1 heterocycles. The van der Waals surface area contributed by atoms with E-state index in [0.717, 1.165) is 23.7 Å². The topological polar surface area (TPSA) is 77.8 Å². The third kappa shape index (κ3) is 8.07. The molecule has 0 amide bonds. The van der Waals surface area contributed by atoms with E-state index in [1.54, 1.807) is 0 Å². The second-order valence-electron chi connectivity index (χ2n) is 6.77. The molecule has 30 heavy (non-hydrogen) atoms. The summed E-state index contributed by atoms with van der Waals surface area (Å²) in [6.45, 7) is 1.11. The van der Waals surface area contributed by atoms with Gasteiger partial charge >= 0.3 is 11.9 Å². The zero-order valence-electron chi connectivity index (χ0n) is 16.7. The highest BCUT2D eigenvalue weighted by Gasteiger charge is 2.23. The first-order valence-electron chi connectivity index (χ1n) is 9.21. The van der Waals surface area contributed by atoms with E-state index in [2.05, 4.69) is 67.2 Å². The van der Waals surface area contributed by atoms with Crippen LogP contribution in [0.1, 0.15) is 16.4 Å². The molecule has 2 N–H and O–H groups in total. The Morgan fingerprint density at radius 1 is 1.13 bits per heavy atom. The first-order valence-corrected chi connectivity index (χ1v) is 11.5. The van der Waals surface area contributed by atoms with Crippen LogP contribution in [0, 0.1) is 0 Å². The summed E-state index contributed by atoms with van der Waals surface area (Å²) in [6.07, 6.45) is 2.17. The highest BCUT2D eigenvalue weighted by atomic mass is 35.5. The van der Waals surface area contributed by atoms with Gasteiger partial charge in [0.05, 0.1) is 0 Å². The molecule has 1 aliphatic heterocycles. The van der Waals surface area contributed by atoms with Crippen molar-refractivity contribution in [2.75, 3.05) is 26.4 Å². The van der Waals surface area contributed by atoms with Crippen molar-refractivity contribution in [3.8, 4) is 0 Å². The molecule has 1 unspecified atom stereocenters. The summed E-state index contributed by atoms with van der Waals surface area (Å²) in [5.41, 5.74) is 2.83. The molecule has 0 saturated carbocycles. The van der Waals surface area contributed by atoms with Crippen LogP contribution in [0.4, 0.5) is 0 Å². The molecule has 0 spiro atoms. The molecule has 2 aromatic carbocycles. The first-order chi connectivity index (χ1) is 14.3. The molecule has 0 saturated heterocycles. The summed E-state index contributed by atoms with van der Waals surface area (Å²) < 4.78 is 0. The number of halogens is 1. The van der Waals surface area contributed by atoms with Crippen molar-refractivity contribution in [2.24, 2.45) is 0 Å². The Labute approximate surface area is 190 Å². The Hall–Kier alpha value is -1.93. The fourth-order valence-corrected chi connectivity index (χ4v) is 5.57. The number of nitrogens with zero attached hydrogens (tertiary/aromatic N) is 1. The second kappa shape index (κ2) is 12.1. The number of rotatable bonds is 6.